The van der Waals surface area contributed by atoms with Gasteiger partial charge in [0.05, 0.1) is 0 Å². The fraction of sp³-hybridized carbons (Fsp3) is 0.750. The molecule has 120 valence electrons. The van der Waals surface area contributed by atoms with Gasteiger partial charge in [0.1, 0.15) is 12.1 Å². The van der Waals surface area contributed by atoms with Gasteiger partial charge in [-0.15, -0.1) is 0 Å². The lowest BCUT2D eigenvalue weighted by molar-refractivity contribution is -0.152. The Balaban J connectivity index is 3.10. The summed E-state index contributed by atoms with van der Waals surface area (Å²) >= 11 is 5.73. The molecule has 0 radical (unpaired) electrons. The number of carbonyl (C=O) groups is 2. The van der Waals surface area contributed by atoms with E-state index in [0.29, 0.717) is 18.9 Å². The van der Waals surface area contributed by atoms with Gasteiger partial charge in [-0.05, 0) is 30.3 Å². The first-order valence-corrected chi connectivity index (χ1v) is 7.88. The average molecular weight is 315 g/mol. The van der Waals surface area contributed by atoms with E-state index in [1.165, 1.54) is 5.54 Å². The number of amides is 2. The van der Waals surface area contributed by atoms with Crippen LogP contribution in [0.15, 0.2) is 11.1 Å². The van der Waals surface area contributed by atoms with Crippen LogP contribution in [0.4, 0.5) is 0 Å². The Kier molecular flexibility index (Phi) is 5.85. The highest BCUT2D eigenvalue weighted by Gasteiger charge is 2.45. The molecule has 0 aromatic carbocycles. The lowest BCUT2D eigenvalue weighted by Crippen LogP contribution is -2.66. The van der Waals surface area contributed by atoms with E-state index >= 15 is 0 Å². The molecule has 4 nitrogen and oxygen atoms in total. The number of nitrogens with one attached hydrogen (secondary N) is 1. The first-order chi connectivity index (χ1) is 9.57. The third-order valence-corrected chi connectivity index (χ3v) is 4.03. The molecule has 1 N–H and O–H groups in total. The SMILES string of the molecule is CC(=CCl)CN1C(=O)C(C(C)(C)C)NC(=O)C1CC(C)C. The fourth-order valence-electron chi connectivity index (χ4n) is 2.52. The minimum absolute atomic E-state index is 0.0226. The molecule has 5 heteroatoms. The van der Waals surface area contributed by atoms with E-state index in [1.807, 2.05) is 27.7 Å². The summed E-state index contributed by atoms with van der Waals surface area (Å²) in [5, 5.41) is 2.90. The number of nitrogens with zero attached hydrogens (tertiary/aromatic N) is 1. The molecule has 2 unspecified atom stereocenters. The number of rotatable bonds is 4. The smallest absolute Gasteiger partial charge is 0.246 e. The number of hydrogen-bond donors (Lipinski definition) is 1. The molecule has 1 rings (SSSR count). The summed E-state index contributed by atoms with van der Waals surface area (Å²) in [7, 11) is 0. The van der Waals surface area contributed by atoms with Crippen molar-refractivity contribution in [1.29, 1.82) is 0 Å². The second-order valence-corrected chi connectivity index (χ2v) is 7.59. The van der Waals surface area contributed by atoms with Crippen LogP contribution in [0.1, 0.15) is 48.0 Å². The number of halogens is 1. The molecular weight excluding hydrogens is 288 g/mol. The Bertz CT molecular complexity index is 438. The van der Waals surface area contributed by atoms with Crippen LogP contribution in [0.5, 0.6) is 0 Å². The van der Waals surface area contributed by atoms with Crippen molar-refractivity contribution in [2.24, 2.45) is 11.3 Å². The molecule has 0 bridgehead atoms. The third kappa shape index (κ3) is 4.47. The summed E-state index contributed by atoms with van der Waals surface area (Å²) in [4.78, 5) is 26.9. The van der Waals surface area contributed by atoms with Gasteiger partial charge in [-0.3, -0.25) is 9.59 Å². The van der Waals surface area contributed by atoms with Gasteiger partial charge in [0.2, 0.25) is 11.8 Å². The normalized spacial score (nSPS) is 24.6. The zero-order chi connectivity index (χ0) is 16.4. The summed E-state index contributed by atoms with van der Waals surface area (Å²) in [6, 6.07) is -0.904. The Hall–Kier alpha value is -1.03. The molecule has 21 heavy (non-hydrogen) atoms. The number of hydrogen-bond acceptors (Lipinski definition) is 2. The van der Waals surface area contributed by atoms with Crippen molar-refractivity contribution in [1.82, 2.24) is 10.2 Å². The van der Waals surface area contributed by atoms with Crippen LogP contribution in [0.3, 0.4) is 0 Å². The van der Waals surface area contributed by atoms with Crippen LogP contribution in [0, 0.1) is 11.3 Å². The van der Waals surface area contributed by atoms with Crippen LogP contribution < -0.4 is 5.32 Å². The number of piperazine rings is 1. The van der Waals surface area contributed by atoms with Crippen molar-refractivity contribution in [3.63, 3.8) is 0 Å². The second kappa shape index (κ2) is 6.82. The quantitative estimate of drug-likeness (QED) is 0.867. The van der Waals surface area contributed by atoms with E-state index in [4.69, 9.17) is 11.6 Å². The summed E-state index contributed by atoms with van der Waals surface area (Å²) in [5.41, 5.74) is 2.03. The Morgan fingerprint density at radius 1 is 1.38 bits per heavy atom. The predicted molar refractivity (Wildman–Crippen MR) is 86.0 cm³/mol. The van der Waals surface area contributed by atoms with Gasteiger partial charge < -0.3 is 10.2 Å². The summed E-state index contributed by atoms with van der Waals surface area (Å²) in [6.07, 6.45) is 0.657. The molecule has 0 aromatic heterocycles. The lowest BCUT2D eigenvalue weighted by Gasteiger charge is -2.44. The van der Waals surface area contributed by atoms with Gasteiger partial charge in [-0.25, -0.2) is 0 Å². The van der Waals surface area contributed by atoms with Crippen LogP contribution in [0.25, 0.3) is 0 Å². The summed E-state index contributed by atoms with van der Waals surface area (Å²) < 4.78 is 0. The van der Waals surface area contributed by atoms with Gasteiger partial charge >= 0.3 is 0 Å². The van der Waals surface area contributed by atoms with Gasteiger partial charge in [-0.1, -0.05) is 46.2 Å². The zero-order valence-electron chi connectivity index (χ0n) is 13.9. The van der Waals surface area contributed by atoms with Crippen LogP contribution in [-0.2, 0) is 9.59 Å². The van der Waals surface area contributed by atoms with Crippen LogP contribution in [0.2, 0.25) is 0 Å². The lowest BCUT2D eigenvalue weighted by atomic mass is 9.83. The van der Waals surface area contributed by atoms with E-state index in [9.17, 15) is 9.59 Å². The van der Waals surface area contributed by atoms with Crippen molar-refractivity contribution < 1.29 is 9.59 Å². The molecule has 1 saturated heterocycles. The van der Waals surface area contributed by atoms with Crippen molar-refractivity contribution >= 4 is 23.4 Å². The second-order valence-electron chi connectivity index (χ2n) is 7.37. The Labute approximate surface area is 132 Å². The molecular formula is C16H27ClN2O2. The van der Waals surface area contributed by atoms with Crippen molar-refractivity contribution in [2.75, 3.05) is 6.54 Å². The molecule has 0 spiro atoms. The van der Waals surface area contributed by atoms with Crippen molar-refractivity contribution in [2.45, 2.75) is 60.0 Å². The first kappa shape index (κ1) is 18.0. The largest absolute Gasteiger partial charge is 0.342 e. The molecule has 0 aromatic rings. The maximum absolute atomic E-state index is 12.8. The molecule has 1 fully saturated rings. The van der Waals surface area contributed by atoms with Gasteiger partial charge in [0, 0.05) is 12.1 Å². The topological polar surface area (TPSA) is 49.4 Å². The molecule has 2 amide bonds. The summed E-state index contributed by atoms with van der Waals surface area (Å²) in [5.74, 6) is 0.249. The first-order valence-electron chi connectivity index (χ1n) is 7.44. The Morgan fingerprint density at radius 3 is 2.38 bits per heavy atom. The van der Waals surface area contributed by atoms with E-state index in [0.717, 1.165) is 5.57 Å². The predicted octanol–water partition coefficient (Wildman–Crippen LogP) is 2.92. The minimum Gasteiger partial charge on any atom is -0.342 e. The van der Waals surface area contributed by atoms with E-state index in [-0.39, 0.29) is 17.2 Å². The minimum atomic E-state index is -0.489. The highest BCUT2D eigenvalue weighted by Crippen LogP contribution is 2.27. The molecule has 0 saturated carbocycles. The van der Waals surface area contributed by atoms with Gasteiger partial charge in [-0.2, -0.15) is 0 Å². The number of carbonyl (C=O) groups excluding carboxylic acids is 2. The molecule has 2 atom stereocenters. The van der Waals surface area contributed by atoms with Crippen LogP contribution in [-0.4, -0.2) is 35.3 Å². The van der Waals surface area contributed by atoms with Crippen LogP contribution >= 0.6 is 11.6 Å². The molecule has 1 aliphatic heterocycles. The molecule has 1 heterocycles. The Morgan fingerprint density at radius 2 is 1.95 bits per heavy atom. The molecule has 1 aliphatic rings. The summed E-state index contributed by atoms with van der Waals surface area (Å²) in [6.45, 7) is 12.3. The van der Waals surface area contributed by atoms with E-state index < -0.39 is 12.1 Å². The third-order valence-electron chi connectivity index (χ3n) is 3.66. The standard InChI is InChI=1S/C16H27ClN2O2/c1-10(2)7-12-14(20)18-13(16(4,5)6)15(21)19(12)9-11(3)8-17/h8,10,12-13H,7,9H2,1-6H3,(H,18,20). The maximum Gasteiger partial charge on any atom is 0.246 e. The zero-order valence-corrected chi connectivity index (χ0v) is 14.6. The highest BCUT2D eigenvalue weighted by atomic mass is 35.5. The highest BCUT2D eigenvalue weighted by molar-refractivity contribution is 6.25. The van der Waals surface area contributed by atoms with Crippen molar-refractivity contribution in [3.05, 3.63) is 11.1 Å². The van der Waals surface area contributed by atoms with E-state index in [2.05, 4.69) is 19.2 Å². The molecule has 0 aliphatic carbocycles. The van der Waals surface area contributed by atoms with E-state index in [1.54, 1.807) is 4.90 Å². The fourth-order valence-corrected chi connectivity index (χ4v) is 2.59. The van der Waals surface area contributed by atoms with Gasteiger partial charge in [0.25, 0.3) is 0 Å². The van der Waals surface area contributed by atoms with Gasteiger partial charge in [0.15, 0.2) is 0 Å². The maximum atomic E-state index is 12.8. The average Bonchev–Trinajstić information content (AvgIpc) is 2.35. The monoisotopic (exact) mass is 314 g/mol. The van der Waals surface area contributed by atoms with Crippen molar-refractivity contribution in [3.8, 4) is 0 Å².